The topological polar surface area (TPSA) is 84.5 Å². The average Bonchev–Trinajstić information content (AvgIpc) is 2.78. The number of benzene rings is 3. The average molecular weight is 448 g/mol. The maximum absolute atomic E-state index is 13.3. The minimum atomic E-state index is -0.969. The number of carbonyl (C=O) groups is 1. The van der Waals surface area contributed by atoms with E-state index in [-0.39, 0.29) is 5.56 Å². The minimum Gasteiger partial charge on any atom is -0.478 e. The van der Waals surface area contributed by atoms with Crippen LogP contribution in [0, 0.1) is 0 Å². The summed E-state index contributed by atoms with van der Waals surface area (Å²) in [5, 5.41) is 10.00. The van der Waals surface area contributed by atoms with Crippen LogP contribution in [-0.2, 0) is 13.1 Å². The number of carboxylic acids is 1. The summed E-state index contributed by atoms with van der Waals surface area (Å²) in [6.07, 6.45) is 0. The van der Waals surface area contributed by atoms with Crippen LogP contribution in [0.25, 0.3) is 16.6 Å². The first-order valence-corrected chi connectivity index (χ1v) is 10.4. The van der Waals surface area contributed by atoms with Crippen LogP contribution in [0.1, 0.15) is 15.9 Å². The summed E-state index contributed by atoms with van der Waals surface area (Å²) < 4.78 is 2.80. The van der Waals surface area contributed by atoms with Gasteiger partial charge in [0.15, 0.2) is 0 Å². The van der Waals surface area contributed by atoms with E-state index in [0.29, 0.717) is 41.2 Å². The Labute approximate surface area is 187 Å². The van der Waals surface area contributed by atoms with E-state index in [1.807, 2.05) is 12.1 Å². The minimum absolute atomic E-state index is 0.230. The fraction of sp³-hybridized carbons (Fsp3) is 0.125. The SMILES string of the molecule is O=C(O)c1ccc(CN2CCn3c(=O)n(-c4cccc(Cl)c4)c(=O)c4cccc2c43)cc1. The van der Waals surface area contributed by atoms with Gasteiger partial charge in [-0.2, -0.15) is 0 Å². The van der Waals surface area contributed by atoms with Crippen LogP contribution in [0.5, 0.6) is 0 Å². The molecule has 7 nitrogen and oxygen atoms in total. The van der Waals surface area contributed by atoms with Crippen molar-refractivity contribution in [3.63, 3.8) is 0 Å². The van der Waals surface area contributed by atoms with Crippen molar-refractivity contribution >= 4 is 34.2 Å². The number of hydrogen-bond acceptors (Lipinski definition) is 4. The number of hydrogen-bond donors (Lipinski definition) is 1. The summed E-state index contributed by atoms with van der Waals surface area (Å²) in [6, 6.07) is 18.8. The van der Waals surface area contributed by atoms with Crippen molar-refractivity contribution in [2.75, 3.05) is 11.4 Å². The van der Waals surface area contributed by atoms with Crippen molar-refractivity contribution in [3.8, 4) is 5.69 Å². The molecule has 0 atom stereocenters. The lowest BCUT2D eigenvalue weighted by Gasteiger charge is -2.32. The molecule has 0 radical (unpaired) electrons. The number of aromatic nitrogens is 2. The predicted molar refractivity (Wildman–Crippen MR) is 123 cm³/mol. The number of anilines is 1. The summed E-state index contributed by atoms with van der Waals surface area (Å²) in [6.45, 7) is 1.52. The van der Waals surface area contributed by atoms with E-state index in [2.05, 4.69) is 4.90 Å². The fourth-order valence-electron chi connectivity index (χ4n) is 4.20. The zero-order valence-electron chi connectivity index (χ0n) is 16.9. The van der Waals surface area contributed by atoms with Gasteiger partial charge >= 0.3 is 11.7 Å². The molecule has 1 aromatic heterocycles. The van der Waals surface area contributed by atoms with Crippen LogP contribution in [0.4, 0.5) is 5.69 Å². The van der Waals surface area contributed by atoms with Gasteiger partial charge in [-0.15, -0.1) is 0 Å². The highest BCUT2D eigenvalue weighted by Gasteiger charge is 2.24. The van der Waals surface area contributed by atoms with Gasteiger partial charge in [0.25, 0.3) is 5.56 Å². The van der Waals surface area contributed by atoms with Gasteiger partial charge < -0.3 is 10.0 Å². The molecule has 0 unspecified atom stereocenters. The summed E-state index contributed by atoms with van der Waals surface area (Å²) >= 11 is 6.09. The van der Waals surface area contributed by atoms with Gasteiger partial charge in [-0.1, -0.05) is 35.9 Å². The number of carboxylic acid groups (broad SMARTS) is 1. The zero-order chi connectivity index (χ0) is 22.4. The highest BCUT2D eigenvalue weighted by atomic mass is 35.5. The molecule has 1 aliphatic rings. The quantitative estimate of drug-likeness (QED) is 0.517. The van der Waals surface area contributed by atoms with Crippen LogP contribution in [0.2, 0.25) is 5.02 Å². The van der Waals surface area contributed by atoms with E-state index in [1.54, 1.807) is 59.2 Å². The molecule has 8 heteroatoms. The number of aromatic carboxylic acids is 1. The van der Waals surface area contributed by atoms with E-state index < -0.39 is 17.2 Å². The Morgan fingerprint density at radius 3 is 2.44 bits per heavy atom. The summed E-state index contributed by atoms with van der Waals surface area (Å²) in [4.78, 5) is 39.8. The second kappa shape index (κ2) is 7.69. The molecule has 0 spiro atoms. The monoisotopic (exact) mass is 447 g/mol. The van der Waals surface area contributed by atoms with Gasteiger partial charge in [0.05, 0.1) is 27.8 Å². The van der Waals surface area contributed by atoms with Gasteiger partial charge in [-0.25, -0.2) is 14.2 Å². The molecule has 160 valence electrons. The Hall–Kier alpha value is -3.84. The largest absolute Gasteiger partial charge is 0.478 e. The number of halogens is 1. The van der Waals surface area contributed by atoms with E-state index >= 15 is 0 Å². The van der Waals surface area contributed by atoms with Crippen LogP contribution >= 0.6 is 11.6 Å². The maximum Gasteiger partial charge on any atom is 0.336 e. The lowest BCUT2D eigenvalue weighted by Crippen LogP contribution is -2.44. The Morgan fingerprint density at radius 1 is 0.969 bits per heavy atom. The van der Waals surface area contributed by atoms with Gasteiger partial charge in [0, 0.05) is 24.7 Å². The van der Waals surface area contributed by atoms with Gasteiger partial charge in [-0.3, -0.25) is 9.36 Å². The normalized spacial score (nSPS) is 12.8. The van der Waals surface area contributed by atoms with Crippen molar-refractivity contribution in [1.29, 1.82) is 0 Å². The second-order valence-corrected chi connectivity index (χ2v) is 8.09. The highest BCUT2D eigenvalue weighted by molar-refractivity contribution is 6.30. The first-order valence-electron chi connectivity index (χ1n) is 10.1. The van der Waals surface area contributed by atoms with Gasteiger partial charge in [0.1, 0.15) is 0 Å². The number of rotatable bonds is 4. The zero-order valence-corrected chi connectivity index (χ0v) is 17.6. The van der Waals surface area contributed by atoms with Crippen molar-refractivity contribution in [2.45, 2.75) is 13.1 Å². The van der Waals surface area contributed by atoms with Gasteiger partial charge in [0.2, 0.25) is 0 Å². The molecule has 4 aromatic rings. The summed E-state index contributed by atoms with van der Waals surface area (Å²) in [5.74, 6) is -0.969. The predicted octanol–water partition coefficient (Wildman–Crippen LogP) is 3.52. The third-order valence-electron chi connectivity index (χ3n) is 5.72. The molecule has 0 aliphatic carbocycles. The summed E-state index contributed by atoms with van der Waals surface area (Å²) in [7, 11) is 0. The molecule has 0 saturated carbocycles. The molecule has 0 amide bonds. The van der Waals surface area contributed by atoms with E-state index in [4.69, 9.17) is 16.7 Å². The Kier molecular flexibility index (Phi) is 4.83. The molecule has 0 bridgehead atoms. The molecule has 0 fully saturated rings. The lowest BCUT2D eigenvalue weighted by atomic mass is 10.1. The Bertz CT molecular complexity index is 1490. The molecule has 5 rings (SSSR count). The summed E-state index contributed by atoms with van der Waals surface area (Å²) in [5.41, 5.74) is 2.21. The first kappa shape index (κ1) is 20.1. The van der Waals surface area contributed by atoms with Crippen LogP contribution in [-0.4, -0.2) is 26.8 Å². The van der Waals surface area contributed by atoms with Crippen molar-refractivity contribution in [3.05, 3.63) is 104 Å². The number of para-hydroxylation sites is 1. The fourth-order valence-corrected chi connectivity index (χ4v) is 4.38. The maximum atomic E-state index is 13.3. The molecule has 1 N–H and O–H groups in total. The molecule has 2 heterocycles. The third kappa shape index (κ3) is 3.27. The molecule has 0 saturated heterocycles. The standard InChI is InChI=1S/C24H18ClN3O4/c25-17-3-1-4-18(13-17)28-22(29)19-5-2-6-20-21(19)27(24(28)32)12-11-26(20)14-15-7-9-16(10-8-15)23(30)31/h1-10,13H,11-12,14H2,(H,30,31). The first-order chi connectivity index (χ1) is 15.4. The van der Waals surface area contributed by atoms with Crippen molar-refractivity contribution < 1.29 is 9.90 Å². The highest BCUT2D eigenvalue weighted by Crippen LogP contribution is 2.29. The van der Waals surface area contributed by atoms with E-state index in [0.717, 1.165) is 15.8 Å². The Morgan fingerprint density at radius 2 is 1.72 bits per heavy atom. The van der Waals surface area contributed by atoms with Crippen LogP contribution in [0.3, 0.4) is 0 Å². The second-order valence-electron chi connectivity index (χ2n) is 7.65. The van der Waals surface area contributed by atoms with E-state index in [1.165, 1.54) is 0 Å². The van der Waals surface area contributed by atoms with Crippen LogP contribution < -0.4 is 16.1 Å². The number of nitrogens with zero attached hydrogens (tertiary/aromatic N) is 3. The molecule has 1 aliphatic heterocycles. The smallest absolute Gasteiger partial charge is 0.336 e. The van der Waals surface area contributed by atoms with Crippen molar-refractivity contribution in [2.24, 2.45) is 0 Å². The van der Waals surface area contributed by atoms with Crippen LogP contribution in [0.15, 0.2) is 76.3 Å². The van der Waals surface area contributed by atoms with Crippen molar-refractivity contribution in [1.82, 2.24) is 9.13 Å². The third-order valence-corrected chi connectivity index (χ3v) is 5.95. The Balaban J connectivity index is 1.63. The van der Waals surface area contributed by atoms with E-state index in [9.17, 15) is 14.4 Å². The molecular formula is C24H18ClN3O4. The van der Waals surface area contributed by atoms with Gasteiger partial charge in [-0.05, 0) is 48.0 Å². The molecule has 3 aromatic carbocycles. The lowest BCUT2D eigenvalue weighted by molar-refractivity contribution is 0.0697. The molecule has 32 heavy (non-hydrogen) atoms. The molecular weight excluding hydrogens is 430 g/mol.